The highest BCUT2D eigenvalue weighted by Crippen LogP contribution is 2.23. The van der Waals surface area contributed by atoms with Crippen molar-refractivity contribution in [3.63, 3.8) is 0 Å². The van der Waals surface area contributed by atoms with E-state index in [1.165, 1.54) is 0 Å². The standard InChI is InChI=1S/C8H12N2O2/c11-6-7-9-3-4-10(7)8-2-1-5-12-8/h3-4,8,11H,1-2,5-6H2/t8-/m0/s1. The van der Waals surface area contributed by atoms with Crippen LogP contribution in [0.3, 0.4) is 0 Å². The number of hydrogen-bond acceptors (Lipinski definition) is 3. The molecule has 2 heterocycles. The lowest BCUT2D eigenvalue weighted by molar-refractivity contribution is 0.0511. The SMILES string of the molecule is OCc1nccn1[C@@H]1CCCO1. The normalized spacial score (nSPS) is 23.2. The Morgan fingerprint density at radius 1 is 1.75 bits per heavy atom. The van der Waals surface area contributed by atoms with Gasteiger partial charge in [-0.25, -0.2) is 4.98 Å². The summed E-state index contributed by atoms with van der Waals surface area (Å²) in [6, 6.07) is 0. The van der Waals surface area contributed by atoms with Crippen molar-refractivity contribution in [3.05, 3.63) is 18.2 Å². The minimum absolute atomic E-state index is 0.0210. The quantitative estimate of drug-likeness (QED) is 0.706. The topological polar surface area (TPSA) is 47.3 Å². The monoisotopic (exact) mass is 168 g/mol. The van der Waals surface area contributed by atoms with Crippen LogP contribution in [0.2, 0.25) is 0 Å². The maximum absolute atomic E-state index is 8.93. The second kappa shape index (κ2) is 3.25. The highest BCUT2D eigenvalue weighted by Gasteiger charge is 2.18. The Labute approximate surface area is 70.8 Å². The highest BCUT2D eigenvalue weighted by atomic mass is 16.5. The van der Waals surface area contributed by atoms with E-state index in [1.54, 1.807) is 6.20 Å². The van der Waals surface area contributed by atoms with Gasteiger partial charge < -0.3 is 14.4 Å². The van der Waals surface area contributed by atoms with Crippen LogP contribution in [0.1, 0.15) is 24.9 Å². The van der Waals surface area contributed by atoms with E-state index in [4.69, 9.17) is 9.84 Å². The van der Waals surface area contributed by atoms with E-state index in [9.17, 15) is 0 Å². The molecule has 12 heavy (non-hydrogen) atoms. The lowest BCUT2D eigenvalue weighted by atomic mass is 10.3. The van der Waals surface area contributed by atoms with E-state index in [0.29, 0.717) is 5.82 Å². The molecule has 1 aromatic heterocycles. The zero-order valence-corrected chi connectivity index (χ0v) is 6.81. The van der Waals surface area contributed by atoms with Gasteiger partial charge in [0.25, 0.3) is 0 Å². The van der Waals surface area contributed by atoms with Crippen molar-refractivity contribution in [2.45, 2.75) is 25.7 Å². The summed E-state index contributed by atoms with van der Waals surface area (Å²) < 4.78 is 7.35. The minimum atomic E-state index is -0.0210. The zero-order chi connectivity index (χ0) is 8.39. The number of imidazole rings is 1. The van der Waals surface area contributed by atoms with Crippen molar-refractivity contribution in [1.29, 1.82) is 0 Å². The maximum atomic E-state index is 8.93. The second-order valence-electron chi connectivity index (χ2n) is 2.88. The summed E-state index contributed by atoms with van der Waals surface area (Å²) in [5.41, 5.74) is 0. The number of aliphatic hydroxyl groups is 1. The molecular weight excluding hydrogens is 156 g/mol. The molecular formula is C8H12N2O2. The van der Waals surface area contributed by atoms with Gasteiger partial charge in [-0.3, -0.25) is 0 Å². The lowest BCUT2D eigenvalue weighted by Crippen LogP contribution is -2.10. The first-order valence-corrected chi connectivity index (χ1v) is 4.16. The largest absolute Gasteiger partial charge is 0.388 e. The first-order chi connectivity index (χ1) is 5.92. The Bertz CT molecular complexity index is 253. The van der Waals surface area contributed by atoms with Gasteiger partial charge in [0.2, 0.25) is 0 Å². The Morgan fingerprint density at radius 3 is 3.33 bits per heavy atom. The molecule has 1 fully saturated rings. The molecule has 0 amide bonds. The third kappa shape index (κ3) is 1.23. The fourth-order valence-electron chi connectivity index (χ4n) is 1.51. The molecule has 0 aromatic carbocycles. The number of aliphatic hydroxyl groups excluding tert-OH is 1. The predicted molar refractivity (Wildman–Crippen MR) is 42.4 cm³/mol. The molecule has 0 saturated carbocycles. The summed E-state index contributed by atoms with van der Waals surface area (Å²) in [4.78, 5) is 4.01. The van der Waals surface area contributed by atoms with Crippen LogP contribution in [0.5, 0.6) is 0 Å². The summed E-state index contributed by atoms with van der Waals surface area (Å²) in [5.74, 6) is 0.682. The molecule has 1 atom stereocenters. The predicted octanol–water partition coefficient (Wildman–Crippen LogP) is 0.684. The highest BCUT2D eigenvalue weighted by molar-refractivity contribution is 4.92. The fraction of sp³-hybridized carbons (Fsp3) is 0.625. The van der Waals surface area contributed by atoms with Crippen molar-refractivity contribution in [3.8, 4) is 0 Å². The molecule has 0 radical (unpaired) electrons. The molecule has 66 valence electrons. The van der Waals surface area contributed by atoms with Crippen molar-refractivity contribution >= 4 is 0 Å². The molecule has 0 bridgehead atoms. The lowest BCUT2D eigenvalue weighted by Gasteiger charge is -2.12. The molecule has 1 N–H and O–H groups in total. The summed E-state index contributed by atoms with van der Waals surface area (Å²) >= 11 is 0. The number of rotatable bonds is 2. The fourth-order valence-corrected chi connectivity index (χ4v) is 1.51. The van der Waals surface area contributed by atoms with Crippen molar-refractivity contribution in [2.75, 3.05) is 6.61 Å². The number of nitrogens with zero attached hydrogens (tertiary/aromatic N) is 2. The first kappa shape index (κ1) is 7.76. The molecule has 1 aliphatic rings. The van der Waals surface area contributed by atoms with Gasteiger partial charge in [-0.1, -0.05) is 0 Å². The van der Waals surface area contributed by atoms with Crippen LogP contribution < -0.4 is 0 Å². The molecule has 0 spiro atoms. The van der Waals surface area contributed by atoms with E-state index in [2.05, 4.69) is 4.98 Å². The van der Waals surface area contributed by atoms with Crippen LogP contribution in [-0.2, 0) is 11.3 Å². The Morgan fingerprint density at radius 2 is 2.67 bits per heavy atom. The van der Waals surface area contributed by atoms with Gasteiger partial charge in [0, 0.05) is 19.0 Å². The van der Waals surface area contributed by atoms with E-state index >= 15 is 0 Å². The van der Waals surface area contributed by atoms with Crippen molar-refractivity contribution < 1.29 is 9.84 Å². The van der Waals surface area contributed by atoms with Crippen LogP contribution in [-0.4, -0.2) is 21.3 Å². The van der Waals surface area contributed by atoms with Gasteiger partial charge in [0.05, 0.1) is 0 Å². The van der Waals surface area contributed by atoms with Crippen molar-refractivity contribution in [1.82, 2.24) is 9.55 Å². The van der Waals surface area contributed by atoms with E-state index in [1.807, 2.05) is 10.8 Å². The van der Waals surface area contributed by atoms with Crippen LogP contribution in [0.25, 0.3) is 0 Å². The van der Waals surface area contributed by atoms with Gasteiger partial charge in [0.1, 0.15) is 18.7 Å². The van der Waals surface area contributed by atoms with E-state index in [0.717, 1.165) is 19.4 Å². The first-order valence-electron chi connectivity index (χ1n) is 4.16. The third-order valence-corrected chi connectivity index (χ3v) is 2.11. The molecule has 0 aliphatic carbocycles. The Hall–Kier alpha value is -0.870. The molecule has 4 heteroatoms. The smallest absolute Gasteiger partial charge is 0.136 e. The molecule has 0 unspecified atom stereocenters. The van der Waals surface area contributed by atoms with Gasteiger partial charge >= 0.3 is 0 Å². The van der Waals surface area contributed by atoms with Crippen LogP contribution in [0.4, 0.5) is 0 Å². The second-order valence-corrected chi connectivity index (χ2v) is 2.88. The van der Waals surface area contributed by atoms with E-state index in [-0.39, 0.29) is 12.8 Å². The van der Waals surface area contributed by atoms with Crippen molar-refractivity contribution in [2.24, 2.45) is 0 Å². The summed E-state index contributed by atoms with van der Waals surface area (Å²) in [6.07, 6.45) is 5.74. The van der Waals surface area contributed by atoms with Crippen LogP contribution in [0.15, 0.2) is 12.4 Å². The molecule has 1 aromatic rings. The Balaban J connectivity index is 2.19. The van der Waals surface area contributed by atoms with E-state index < -0.39 is 0 Å². The summed E-state index contributed by atoms with van der Waals surface area (Å²) in [5, 5.41) is 8.93. The molecule has 2 rings (SSSR count). The summed E-state index contributed by atoms with van der Waals surface area (Å²) in [7, 11) is 0. The average Bonchev–Trinajstić information content (AvgIpc) is 2.74. The average molecular weight is 168 g/mol. The third-order valence-electron chi connectivity index (χ3n) is 2.11. The van der Waals surface area contributed by atoms with Crippen LogP contribution >= 0.6 is 0 Å². The maximum Gasteiger partial charge on any atom is 0.136 e. The van der Waals surface area contributed by atoms with Gasteiger partial charge in [-0.2, -0.15) is 0 Å². The minimum Gasteiger partial charge on any atom is -0.388 e. The van der Waals surface area contributed by atoms with Gasteiger partial charge in [-0.15, -0.1) is 0 Å². The zero-order valence-electron chi connectivity index (χ0n) is 6.81. The van der Waals surface area contributed by atoms with Gasteiger partial charge in [0.15, 0.2) is 0 Å². The Kier molecular flexibility index (Phi) is 2.10. The molecule has 1 aliphatic heterocycles. The number of aromatic nitrogens is 2. The number of ether oxygens (including phenoxy) is 1. The number of hydrogen-bond donors (Lipinski definition) is 1. The molecule has 1 saturated heterocycles. The summed E-state index contributed by atoms with van der Waals surface area (Å²) in [6.45, 7) is 0.792. The molecule has 4 nitrogen and oxygen atoms in total. The van der Waals surface area contributed by atoms with Crippen LogP contribution in [0, 0.1) is 0 Å². The van der Waals surface area contributed by atoms with Gasteiger partial charge in [-0.05, 0) is 12.8 Å².